The van der Waals surface area contributed by atoms with Crippen LogP contribution in [0.5, 0.6) is 0 Å². The van der Waals surface area contributed by atoms with E-state index in [2.05, 4.69) is 57.1 Å². The largest absolute Gasteiger partial charge is 0.338 e. The number of thiophene rings is 1. The van der Waals surface area contributed by atoms with E-state index < -0.39 is 0 Å². The number of nitrogens with one attached hydrogen (secondary N) is 1. The molecule has 0 unspecified atom stereocenters. The van der Waals surface area contributed by atoms with Gasteiger partial charge in [0.1, 0.15) is 0 Å². The second-order valence-electron chi connectivity index (χ2n) is 6.94. The first-order chi connectivity index (χ1) is 13.8. The summed E-state index contributed by atoms with van der Waals surface area (Å²) in [5.74, 6) is 0. The highest BCUT2D eigenvalue weighted by Gasteiger charge is 2.20. The number of rotatable bonds is 6. The van der Waals surface area contributed by atoms with Gasteiger partial charge in [0.25, 0.3) is 0 Å². The van der Waals surface area contributed by atoms with E-state index in [-0.39, 0.29) is 6.03 Å². The van der Waals surface area contributed by atoms with Crippen molar-refractivity contribution < 1.29 is 4.79 Å². The molecule has 1 fully saturated rings. The second-order valence-corrected chi connectivity index (χ2v) is 7.97. The Morgan fingerprint density at radius 3 is 2.57 bits per heavy atom. The smallest absolute Gasteiger partial charge is 0.317 e. The molecule has 1 N–H and O–H groups in total. The molecule has 3 heterocycles. The van der Waals surface area contributed by atoms with Crippen molar-refractivity contribution in [1.29, 1.82) is 0 Å². The maximum absolute atomic E-state index is 12.4. The van der Waals surface area contributed by atoms with Gasteiger partial charge in [-0.15, -0.1) is 11.3 Å². The zero-order valence-electron chi connectivity index (χ0n) is 15.8. The van der Waals surface area contributed by atoms with Crippen LogP contribution in [0.25, 0.3) is 5.69 Å². The number of hydrogen-bond acceptors (Lipinski definition) is 4. The van der Waals surface area contributed by atoms with Crippen molar-refractivity contribution in [2.45, 2.75) is 13.0 Å². The monoisotopic (exact) mass is 395 g/mol. The average molecular weight is 396 g/mol. The molecule has 3 aromatic rings. The summed E-state index contributed by atoms with van der Waals surface area (Å²) in [6.45, 7) is 5.07. The minimum Gasteiger partial charge on any atom is -0.338 e. The van der Waals surface area contributed by atoms with Gasteiger partial charge in [-0.05, 0) is 41.6 Å². The van der Waals surface area contributed by atoms with Gasteiger partial charge in [-0.25, -0.2) is 9.48 Å². The Bertz CT molecular complexity index is 853. The van der Waals surface area contributed by atoms with Crippen molar-refractivity contribution in [2.75, 3.05) is 32.7 Å². The zero-order chi connectivity index (χ0) is 19.2. The van der Waals surface area contributed by atoms with Gasteiger partial charge in [0.15, 0.2) is 0 Å². The quantitative estimate of drug-likeness (QED) is 0.698. The van der Waals surface area contributed by atoms with E-state index >= 15 is 0 Å². The molecule has 1 aliphatic heterocycles. The highest BCUT2D eigenvalue weighted by Crippen LogP contribution is 2.13. The summed E-state index contributed by atoms with van der Waals surface area (Å²) in [7, 11) is 0. The fraction of sp³-hybridized carbons (Fsp3) is 0.333. The van der Waals surface area contributed by atoms with Gasteiger partial charge in [-0.3, -0.25) is 4.90 Å². The van der Waals surface area contributed by atoms with Crippen LogP contribution in [0.1, 0.15) is 10.4 Å². The summed E-state index contributed by atoms with van der Waals surface area (Å²) in [4.78, 5) is 18.1. The number of carbonyl (C=O) groups excluding carboxylic acids is 1. The first-order valence-corrected chi connectivity index (χ1v) is 10.5. The van der Waals surface area contributed by atoms with E-state index in [4.69, 9.17) is 0 Å². The maximum atomic E-state index is 12.4. The van der Waals surface area contributed by atoms with E-state index in [1.807, 2.05) is 21.8 Å². The van der Waals surface area contributed by atoms with Crippen LogP contribution < -0.4 is 5.32 Å². The van der Waals surface area contributed by atoms with Crippen LogP contribution in [-0.4, -0.2) is 58.3 Å². The standard InChI is InChI=1S/C21H25N5OS/c27-21(25-14-12-24(13-15-25)17-20-3-1-16-28-20)22-10-8-18-4-6-19(7-5-18)26-11-2-9-23-26/h1-7,9,11,16H,8,10,12-15,17H2,(H,22,27). The van der Waals surface area contributed by atoms with Crippen LogP contribution in [0, 0.1) is 0 Å². The Balaban J connectivity index is 1.18. The van der Waals surface area contributed by atoms with E-state index in [1.54, 1.807) is 17.5 Å². The second kappa shape index (κ2) is 9.03. The topological polar surface area (TPSA) is 53.4 Å². The van der Waals surface area contributed by atoms with Gasteiger partial charge < -0.3 is 10.2 Å². The summed E-state index contributed by atoms with van der Waals surface area (Å²) in [5, 5.41) is 9.40. The predicted molar refractivity (Wildman–Crippen MR) is 112 cm³/mol. The van der Waals surface area contributed by atoms with Crippen molar-refractivity contribution in [1.82, 2.24) is 24.9 Å². The van der Waals surface area contributed by atoms with Gasteiger partial charge in [-0.1, -0.05) is 18.2 Å². The summed E-state index contributed by atoms with van der Waals surface area (Å²) >= 11 is 1.79. The molecule has 146 valence electrons. The van der Waals surface area contributed by atoms with Gasteiger partial charge >= 0.3 is 6.03 Å². The van der Waals surface area contributed by atoms with Gasteiger partial charge in [0.2, 0.25) is 0 Å². The fourth-order valence-corrected chi connectivity index (χ4v) is 4.14. The number of aromatic nitrogens is 2. The number of benzene rings is 1. The van der Waals surface area contributed by atoms with Crippen LogP contribution in [0.3, 0.4) is 0 Å². The lowest BCUT2D eigenvalue weighted by atomic mass is 10.1. The third-order valence-corrected chi connectivity index (χ3v) is 5.88. The van der Waals surface area contributed by atoms with Crippen LogP contribution in [-0.2, 0) is 13.0 Å². The van der Waals surface area contributed by atoms with Crippen molar-refractivity contribution >= 4 is 17.4 Å². The molecule has 6 nitrogen and oxygen atoms in total. The Labute approximate surface area is 169 Å². The maximum Gasteiger partial charge on any atom is 0.317 e. The molecular weight excluding hydrogens is 370 g/mol. The number of hydrogen-bond donors (Lipinski definition) is 1. The van der Waals surface area contributed by atoms with E-state index in [0.29, 0.717) is 6.54 Å². The predicted octanol–water partition coefficient (Wildman–Crippen LogP) is 3.00. The molecule has 0 atom stereocenters. The Hall–Kier alpha value is -2.64. The fourth-order valence-electron chi connectivity index (χ4n) is 3.39. The van der Waals surface area contributed by atoms with Crippen LogP contribution in [0.15, 0.2) is 60.2 Å². The third kappa shape index (κ3) is 4.79. The zero-order valence-corrected chi connectivity index (χ0v) is 16.6. The molecule has 0 saturated carbocycles. The Kier molecular flexibility index (Phi) is 6.04. The van der Waals surface area contributed by atoms with Crippen LogP contribution in [0.2, 0.25) is 0 Å². The van der Waals surface area contributed by atoms with Crippen molar-refractivity contribution in [3.63, 3.8) is 0 Å². The lowest BCUT2D eigenvalue weighted by molar-refractivity contribution is 0.136. The van der Waals surface area contributed by atoms with Crippen LogP contribution in [0.4, 0.5) is 4.79 Å². The van der Waals surface area contributed by atoms with Crippen molar-refractivity contribution in [3.8, 4) is 5.69 Å². The number of carbonyl (C=O) groups is 1. The minimum absolute atomic E-state index is 0.0453. The highest BCUT2D eigenvalue weighted by molar-refractivity contribution is 7.09. The third-order valence-electron chi connectivity index (χ3n) is 5.01. The number of amides is 2. The van der Waals surface area contributed by atoms with Gasteiger partial charge in [0.05, 0.1) is 5.69 Å². The highest BCUT2D eigenvalue weighted by atomic mass is 32.1. The summed E-state index contributed by atoms with van der Waals surface area (Å²) in [6.07, 6.45) is 4.52. The van der Waals surface area contributed by atoms with Crippen molar-refractivity contribution in [3.05, 3.63) is 70.7 Å². The molecule has 0 radical (unpaired) electrons. The Morgan fingerprint density at radius 2 is 1.89 bits per heavy atom. The molecule has 0 spiro atoms. The summed E-state index contributed by atoms with van der Waals surface area (Å²) in [5.41, 5.74) is 2.25. The minimum atomic E-state index is 0.0453. The lowest BCUT2D eigenvalue weighted by Crippen LogP contribution is -2.51. The van der Waals surface area contributed by atoms with Crippen LogP contribution >= 0.6 is 11.3 Å². The Morgan fingerprint density at radius 1 is 1.07 bits per heavy atom. The summed E-state index contributed by atoms with van der Waals surface area (Å²) in [6, 6.07) is 14.5. The van der Waals surface area contributed by atoms with Gasteiger partial charge in [0, 0.05) is 56.5 Å². The summed E-state index contributed by atoms with van der Waals surface area (Å²) < 4.78 is 1.84. The average Bonchev–Trinajstić information content (AvgIpc) is 3.43. The molecular formula is C21H25N5OS. The molecule has 1 saturated heterocycles. The molecule has 0 aliphatic carbocycles. The van der Waals surface area contributed by atoms with E-state index in [1.165, 1.54) is 10.4 Å². The normalized spacial score (nSPS) is 14.9. The van der Waals surface area contributed by atoms with E-state index in [0.717, 1.165) is 44.8 Å². The SMILES string of the molecule is O=C(NCCc1ccc(-n2cccn2)cc1)N1CCN(Cc2cccs2)CC1. The molecule has 7 heteroatoms. The number of piperazine rings is 1. The first kappa shape index (κ1) is 18.7. The number of nitrogens with zero attached hydrogens (tertiary/aromatic N) is 4. The first-order valence-electron chi connectivity index (χ1n) is 9.64. The molecule has 4 rings (SSSR count). The van der Waals surface area contributed by atoms with Crippen molar-refractivity contribution in [2.24, 2.45) is 0 Å². The molecule has 0 bridgehead atoms. The van der Waals surface area contributed by atoms with E-state index in [9.17, 15) is 4.79 Å². The molecule has 1 aliphatic rings. The number of urea groups is 1. The molecule has 2 amide bonds. The molecule has 1 aromatic carbocycles. The van der Waals surface area contributed by atoms with Gasteiger partial charge in [-0.2, -0.15) is 5.10 Å². The molecule has 28 heavy (non-hydrogen) atoms. The lowest BCUT2D eigenvalue weighted by Gasteiger charge is -2.34. The molecule has 2 aromatic heterocycles.